The van der Waals surface area contributed by atoms with Gasteiger partial charge in [-0.25, -0.2) is 0 Å². The van der Waals surface area contributed by atoms with Crippen LogP contribution in [0, 0.1) is 0 Å². The van der Waals surface area contributed by atoms with Gasteiger partial charge in [-0.15, -0.1) is 5.84 Å². The molecule has 0 aromatic heterocycles. The highest BCUT2D eigenvalue weighted by molar-refractivity contribution is 7.80. The van der Waals surface area contributed by atoms with Crippen molar-refractivity contribution in [2.24, 2.45) is 16.2 Å². The minimum absolute atomic E-state index is 0.177. The molecule has 1 aliphatic rings. The van der Waals surface area contributed by atoms with Crippen molar-refractivity contribution in [1.29, 1.82) is 0 Å². The summed E-state index contributed by atoms with van der Waals surface area (Å²) in [5.74, 6) is 5.44. The highest BCUT2D eigenvalue weighted by atomic mass is 32.1. The van der Waals surface area contributed by atoms with Crippen LogP contribution in [0.5, 0.6) is 0 Å². The number of rotatable bonds is 1. The first-order valence-corrected chi connectivity index (χ1v) is 3.59. The van der Waals surface area contributed by atoms with E-state index in [0.717, 1.165) is 5.12 Å². The summed E-state index contributed by atoms with van der Waals surface area (Å²) in [6.07, 6.45) is -1.30. The topological polar surface area (TPSA) is 91.3 Å². The van der Waals surface area contributed by atoms with Crippen LogP contribution in [-0.4, -0.2) is 32.7 Å². The number of carboxylic acid groups (broad SMARTS) is 1. The lowest BCUT2D eigenvalue weighted by molar-refractivity contribution is -0.898. The van der Waals surface area contributed by atoms with Gasteiger partial charge in [-0.3, -0.25) is 0 Å². The van der Waals surface area contributed by atoms with Gasteiger partial charge in [0, 0.05) is 16.9 Å². The minimum Gasteiger partial charge on any atom is -0.432 e. The molecular formula is C4H8N5O2S+. The van der Waals surface area contributed by atoms with Crippen molar-refractivity contribution in [1.82, 2.24) is 5.12 Å². The molecule has 7 nitrogen and oxygen atoms in total. The summed E-state index contributed by atoms with van der Waals surface area (Å²) in [6.45, 7) is 2.03. The highest BCUT2D eigenvalue weighted by Crippen LogP contribution is 2.17. The number of nitrogens with zero attached hydrogens (tertiary/aromatic N) is 4. The summed E-state index contributed by atoms with van der Waals surface area (Å²) in [5.41, 5.74) is 0. The van der Waals surface area contributed by atoms with Crippen molar-refractivity contribution < 1.29 is 14.6 Å². The van der Waals surface area contributed by atoms with Crippen LogP contribution in [0.15, 0.2) is 10.3 Å². The molecule has 0 fully saturated rings. The number of amides is 1. The Morgan fingerprint density at radius 1 is 1.92 bits per heavy atom. The van der Waals surface area contributed by atoms with Crippen LogP contribution in [0.1, 0.15) is 6.92 Å². The zero-order chi connectivity index (χ0) is 9.35. The molecule has 0 saturated carbocycles. The van der Waals surface area contributed by atoms with Crippen LogP contribution in [-0.2, 0) is 0 Å². The predicted molar refractivity (Wildman–Crippen MR) is 42.3 cm³/mol. The summed E-state index contributed by atoms with van der Waals surface area (Å²) < 4.78 is -1.05. The standard InChI is InChI=1S/C4H7N5O2S/c1-2-8-7-6-3(12)9(8,5)4(10)11/h2,5H2,1H3/p+1. The normalized spacial score (nSPS) is 28.2. The van der Waals surface area contributed by atoms with Gasteiger partial charge >= 0.3 is 11.2 Å². The molecule has 1 unspecified atom stereocenters. The molecular weight excluding hydrogens is 182 g/mol. The van der Waals surface area contributed by atoms with E-state index >= 15 is 0 Å². The van der Waals surface area contributed by atoms with Gasteiger partial charge in [0.1, 0.15) is 0 Å². The maximum absolute atomic E-state index is 10.7. The largest absolute Gasteiger partial charge is 0.568 e. The molecule has 3 N–H and O–H groups in total. The SMILES string of the molecule is CCN1N=NC(=S)[N+]1(N)C(=O)O. The van der Waals surface area contributed by atoms with E-state index < -0.39 is 10.8 Å². The lowest BCUT2D eigenvalue weighted by Gasteiger charge is -2.23. The predicted octanol–water partition coefficient (Wildman–Crippen LogP) is 0.258. The molecule has 0 aromatic carbocycles. The summed E-state index contributed by atoms with van der Waals surface area (Å²) in [6, 6.07) is 0. The maximum atomic E-state index is 10.7. The Balaban J connectivity index is 3.02. The quantitative estimate of drug-likeness (QED) is 0.268. The van der Waals surface area contributed by atoms with Crippen LogP contribution in [0.2, 0.25) is 0 Å². The van der Waals surface area contributed by atoms with Crippen molar-refractivity contribution in [2.45, 2.75) is 6.92 Å². The first-order chi connectivity index (χ1) is 5.53. The van der Waals surface area contributed by atoms with Gasteiger partial charge in [-0.05, 0) is 12.1 Å². The Labute approximate surface area is 73.6 Å². The van der Waals surface area contributed by atoms with Crippen LogP contribution in [0.4, 0.5) is 4.79 Å². The first-order valence-electron chi connectivity index (χ1n) is 3.18. The van der Waals surface area contributed by atoms with E-state index in [1.54, 1.807) is 6.92 Å². The number of nitrogens with two attached hydrogens (primary N) is 1. The van der Waals surface area contributed by atoms with E-state index in [4.69, 9.17) is 10.9 Å². The molecule has 66 valence electrons. The average Bonchev–Trinajstić information content (AvgIpc) is 2.30. The fourth-order valence-electron chi connectivity index (χ4n) is 0.787. The lowest BCUT2D eigenvalue weighted by Crippen LogP contribution is -2.65. The smallest absolute Gasteiger partial charge is 0.432 e. The summed E-state index contributed by atoms with van der Waals surface area (Å²) in [5, 5.41) is 16.5. The molecule has 0 radical (unpaired) electrons. The zero-order valence-corrected chi connectivity index (χ0v) is 7.15. The van der Waals surface area contributed by atoms with Crippen LogP contribution in [0.3, 0.4) is 0 Å². The average molecular weight is 190 g/mol. The maximum Gasteiger partial charge on any atom is 0.568 e. The number of thiocarbonyl (C=S) groups is 1. The van der Waals surface area contributed by atoms with E-state index in [0.29, 0.717) is 6.54 Å². The molecule has 1 heterocycles. The van der Waals surface area contributed by atoms with Gasteiger partial charge in [0.2, 0.25) is 0 Å². The second-order valence-electron chi connectivity index (χ2n) is 2.13. The minimum atomic E-state index is -1.30. The summed E-state index contributed by atoms with van der Waals surface area (Å²) in [7, 11) is 0. The molecule has 0 spiro atoms. The Bertz CT molecular complexity index is 266. The molecule has 1 aliphatic heterocycles. The number of quaternary nitrogens is 1. The van der Waals surface area contributed by atoms with Crippen LogP contribution >= 0.6 is 12.2 Å². The Kier molecular flexibility index (Phi) is 2.04. The van der Waals surface area contributed by atoms with Crippen molar-refractivity contribution >= 4 is 23.4 Å². The number of hydrogen-bond donors (Lipinski definition) is 2. The lowest BCUT2D eigenvalue weighted by atomic mass is 10.7. The van der Waals surface area contributed by atoms with E-state index in [1.165, 1.54) is 0 Å². The monoisotopic (exact) mass is 190 g/mol. The van der Waals surface area contributed by atoms with Crippen molar-refractivity contribution in [3.63, 3.8) is 0 Å². The molecule has 0 aromatic rings. The molecule has 1 amide bonds. The molecule has 8 heteroatoms. The van der Waals surface area contributed by atoms with Crippen LogP contribution in [0.25, 0.3) is 0 Å². The van der Waals surface area contributed by atoms with E-state index in [2.05, 4.69) is 22.6 Å². The Morgan fingerprint density at radius 2 is 2.50 bits per heavy atom. The Hall–Kier alpha value is -1.12. The molecule has 12 heavy (non-hydrogen) atoms. The molecule has 0 bridgehead atoms. The second-order valence-corrected chi connectivity index (χ2v) is 2.49. The number of carbonyl (C=O) groups is 1. The number of hydrogen-bond acceptors (Lipinski definition) is 5. The zero-order valence-electron chi connectivity index (χ0n) is 6.34. The third kappa shape index (κ3) is 0.967. The van der Waals surface area contributed by atoms with Gasteiger partial charge in [0.25, 0.3) is 0 Å². The van der Waals surface area contributed by atoms with Crippen LogP contribution < -0.4 is 5.84 Å². The molecule has 1 rings (SSSR count). The fourth-order valence-corrected chi connectivity index (χ4v) is 0.996. The Morgan fingerprint density at radius 3 is 2.83 bits per heavy atom. The van der Waals surface area contributed by atoms with E-state index in [9.17, 15) is 4.79 Å². The van der Waals surface area contributed by atoms with Gasteiger partial charge in [0.15, 0.2) is 0 Å². The van der Waals surface area contributed by atoms with E-state index in [-0.39, 0.29) is 5.11 Å². The second kappa shape index (κ2) is 2.73. The highest BCUT2D eigenvalue weighted by Gasteiger charge is 2.50. The third-order valence-corrected chi connectivity index (χ3v) is 1.82. The summed E-state index contributed by atoms with van der Waals surface area (Å²) in [4.78, 5) is 10.7. The van der Waals surface area contributed by atoms with Crippen molar-refractivity contribution in [2.75, 3.05) is 6.54 Å². The first kappa shape index (κ1) is 8.97. The van der Waals surface area contributed by atoms with Gasteiger partial charge in [-0.1, -0.05) is 10.2 Å². The van der Waals surface area contributed by atoms with Crippen molar-refractivity contribution in [3.05, 3.63) is 0 Å². The van der Waals surface area contributed by atoms with Gasteiger partial charge < -0.3 is 5.11 Å². The fraction of sp³-hybridized carbons (Fsp3) is 0.500. The van der Waals surface area contributed by atoms with E-state index in [1.807, 2.05) is 0 Å². The van der Waals surface area contributed by atoms with Crippen molar-refractivity contribution in [3.8, 4) is 0 Å². The summed E-state index contributed by atoms with van der Waals surface area (Å²) >= 11 is 4.64. The molecule has 0 saturated heterocycles. The molecule has 0 aliphatic carbocycles. The van der Waals surface area contributed by atoms with Gasteiger partial charge in [0.05, 0.1) is 6.54 Å². The van der Waals surface area contributed by atoms with Gasteiger partial charge in [-0.2, -0.15) is 4.79 Å². The molecule has 1 atom stereocenters. The third-order valence-electron chi connectivity index (χ3n) is 1.46.